The number of hydrogen-bond donors (Lipinski definition) is 1. The minimum Gasteiger partial charge on any atom is -0.478 e. The average Bonchev–Trinajstić information content (AvgIpc) is 2.64. The maximum Gasteiger partial charge on any atom is 0.335 e. The predicted molar refractivity (Wildman–Crippen MR) is 93.8 cm³/mol. The highest BCUT2D eigenvalue weighted by Gasteiger charge is 2.22. The van der Waals surface area contributed by atoms with E-state index in [2.05, 4.69) is 0 Å². The van der Waals surface area contributed by atoms with Gasteiger partial charge in [0, 0.05) is 39.8 Å². The highest BCUT2D eigenvalue weighted by Crippen LogP contribution is 2.16. The van der Waals surface area contributed by atoms with Crippen LogP contribution in [0.25, 0.3) is 0 Å². The van der Waals surface area contributed by atoms with E-state index in [1.54, 1.807) is 31.4 Å². The number of carboxylic acids is 1. The lowest BCUT2D eigenvalue weighted by Gasteiger charge is -2.32. The van der Waals surface area contributed by atoms with Crippen molar-refractivity contribution in [1.82, 2.24) is 4.90 Å². The van der Waals surface area contributed by atoms with E-state index >= 15 is 0 Å². The number of benzene rings is 1. The molecule has 1 aliphatic heterocycles. The summed E-state index contributed by atoms with van der Waals surface area (Å²) in [4.78, 5) is 25.1. The lowest BCUT2D eigenvalue weighted by Crippen LogP contribution is -2.41. The molecule has 2 rings (SSSR count). The second-order valence-corrected chi connectivity index (χ2v) is 6.30. The molecule has 0 aliphatic carbocycles. The van der Waals surface area contributed by atoms with Crippen LogP contribution in [0.2, 0.25) is 0 Å². The summed E-state index contributed by atoms with van der Waals surface area (Å²) in [5.41, 5.74) is 1.25. The number of rotatable bonds is 9. The van der Waals surface area contributed by atoms with Gasteiger partial charge in [-0.15, -0.1) is 0 Å². The molecule has 6 heteroatoms. The van der Waals surface area contributed by atoms with Gasteiger partial charge in [0.15, 0.2) is 0 Å². The fourth-order valence-electron chi connectivity index (χ4n) is 2.95. The number of ether oxygens (including phenoxy) is 2. The minimum atomic E-state index is -0.935. The molecule has 1 aliphatic rings. The molecule has 1 aromatic rings. The second-order valence-electron chi connectivity index (χ2n) is 6.30. The van der Waals surface area contributed by atoms with E-state index in [0.717, 1.165) is 37.9 Å². The molecule has 1 heterocycles. The highest BCUT2D eigenvalue weighted by atomic mass is 16.5. The predicted octanol–water partition coefficient (Wildman–Crippen LogP) is 2.36. The molecule has 1 N–H and O–H groups in total. The molecule has 0 unspecified atom stereocenters. The number of aryl methyl sites for hydroxylation is 1. The zero-order chi connectivity index (χ0) is 18.1. The summed E-state index contributed by atoms with van der Waals surface area (Å²) in [6, 6.07) is 6.71. The van der Waals surface area contributed by atoms with E-state index in [-0.39, 0.29) is 17.6 Å². The van der Waals surface area contributed by atoms with E-state index in [0.29, 0.717) is 26.1 Å². The van der Waals surface area contributed by atoms with Crippen molar-refractivity contribution in [1.29, 1.82) is 0 Å². The maximum atomic E-state index is 12.3. The largest absolute Gasteiger partial charge is 0.478 e. The van der Waals surface area contributed by atoms with Crippen molar-refractivity contribution in [3.8, 4) is 0 Å². The Bertz CT molecular complexity index is 549. The van der Waals surface area contributed by atoms with Crippen molar-refractivity contribution in [3.63, 3.8) is 0 Å². The number of aromatic carboxylic acids is 1. The van der Waals surface area contributed by atoms with Crippen LogP contribution in [-0.4, -0.2) is 61.4 Å². The van der Waals surface area contributed by atoms with Crippen LogP contribution in [0.4, 0.5) is 0 Å². The van der Waals surface area contributed by atoms with E-state index in [4.69, 9.17) is 14.6 Å². The van der Waals surface area contributed by atoms with Gasteiger partial charge in [-0.1, -0.05) is 12.1 Å². The van der Waals surface area contributed by atoms with Gasteiger partial charge in [-0.05, 0) is 43.4 Å². The number of methoxy groups -OCH3 is 1. The van der Waals surface area contributed by atoms with Gasteiger partial charge >= 0.3 is 5.97 Å². The Balaban J connectivity index is 1.67. The van der Waals surface area contributed by atoms with Crippen LogP contribution in [0.3, 0.4) is 0 Å². The van der Waals surface area contributed by atoms with Gasteiger partial charge in [0.25, 0.3) is 0 Å². The van der Waals surface area contributed by atoms with Crippen LogP contribution in [0.5, 0.6) is 0 Å². The van der Waals surface area contributed by atoms with Gasteiger partial charge < -0.3 is 19.5 Å². The summed E-state index contributed by atoms with van der Waals surface area (Å²) in [5.74, 6) is -0.782. The smallest absolute Gasteiger partial charge is 0.335 e. The summed E-state index contributed by atoms with van der Waals surface area (Å²) in [7, 11) is 1.69. The molecule has 6 nitrogen and oxygen atoms in total. The Labute approximate surface area is 148 Å². The number of carbonyl (C=O) groups excluding carboxylic acids is 1. The zero-order valence-electron chi connectivity index (χ0n) is 14.8. The van der Waals surface area contributed by atoms with Crippen molar-refractivity contribution >= 4 is 11.9 Å². The van der Waals surface area contributed by atoms with Crippen LogP contribution in [0, 0.1) is 0 Å². The Morgan fingerprint density at radius 2 is 1.84 bits per heavy atom. The lowest BCUT2D eigenvalue weighted by atomic mass is 10.0. The first-order chi connectivity index (χ1) is 12.1. The van der Waals surface area contributed by atoms with Gasteiger partial charge in [0.1, 0.15) is 0 Å². The summed E-state index contributed by atoms with van der Waals surface area (Å²) >= 11 is 0. The monoisotopic (exact) mass is 349 g/mol. The molecule has 0 atom stereocenters. The molecule has 0 bridgehead atoms. The Morgan fingerprint density at radius 1 is 1.16 bits per heavy atom. The molecule has 0 saturated carbocycles. The van der Waals surface area contributed by atoms with Crippen LogP contribution in [0.15, 0.2) is 24.3 Å². The van der Waals surface area contributed by atoms with Crippen LogP contribution in [-0.2, 0) is 20.7 Å². The van der Waals surface area contributed by atoms with Crippen LogP contribution >= 0.6 is 0 Å². The molecule has 0 radical (unpaired) electrons. The van der Waals surface area contributed by atoms with Crippen molar-refractivity contribution in [2.75, 3.05) is 33.4 Å². The maximum absolute atomic E-state index is 12.3. The normalized spacial score (nSPS) is 15.3. The first kappa shape index (κ1) is 19.4. The third kappa shape index (κ3) is 6.48. The number of nitrogens with zero attached hydrogens (tertiary/aromatic N) is 1. The third-order valence-corrected chi connectivity index (χ3v) is 4.47. The van der Waals surface area contributed by atoms with E-state index < -0.39 is 5.97 Å². The fraction of sp³-hybridized carbons (Fsp3) is 0.579. The van der Waals surface area contributed by atoms with Crippen LogP contribution < -0.4 is 0 Å². The molecule has 1 aromatic carbocycles. The van der Waals surface area contributed by atoms with Crippen molar-refractivity contribution in [3.05, 3.63) is 35.4 Å². The van der Waals surface area contributed by atoms with E-state index in [1.165, 1.54) is 0 Å². The van der Waals surface area contributed by atoms with Gasteiger partial charge in [0.05, 0.1) is 11.7 Å². The topological polar surface area (TPSA) is 76.1 Å². The van der Waals surface area contributed by atoms with E-state index in [1.807, 2.05) is 4.90 Å². The second kappa shape index (κ2) is 10.2. The van der Waals surface area contributed by atoms with Crippen LogP contribution in [0.1, 0.15) is 41.6 Å². The molecule has 138 valence electrons. The van der Waals surface area contributed by atoms with Gasteiger partial charge in [-0.2, -0.15) is 0 Å². The van der Waals surface area contributed by atoms with Gasteiger partial charge in [0.2, 0.25) is 5.91 Å². The summed E-state index contributed by atoms with van der Waals surface area (Å²) in [5, 5.41) is 8.89. The molecular weight excluding hydrogens is 322 g/mol. The molecule has 1 saturated heterocycles. The first-order valence-corrected chi connectivity index (χ1v) is 8.80. The molecule has 1 fully saturated rings. The number of carboxylic acid groups (broad SMARTS) is 1. The Morgan fingerprint density at radius 3 is 2.44 bits per heavy atom. The first-order valence-electron chi connectivity index (χ1n) is 8.80. The summed E-state index contributed by atoms with van der Waals surface area (Å²) in [6.45, 7) is 2.90. The third-order valence-electron chi connectivity index (χ3n) is 4.47. The Hall–Kier alpha value is -1.92. The summed E-state index contributed by atoms with van der Waals surface area (Å²) in [6.07, 6.45) is 3.98. The number of hydrogen-bond acceptors (Lipinski definition) is 4. The highest BCUT2D eigenvalue weighted by molar-refractivity contribution is 5.87. The number of piperidine rings is 1. The standard InChI is InChI=1S/C19H27NO5/c1-24-13-2-14-25-17-9-11-20(12-10-17)18(21)8-5-15-3-6-16(7-4-15)19(22)23/h3-4,6-7,17H,2,5,8-14H2,1H3,(H,22,23). The quantitative estimate of drug-likeness (QED) is 0.693. The number of carbonyl (C=O) groups is 2. The lowest BCUT2D eigenvalue weighted by molar-refractivity contribution is -0.133. The number of amides is 1. The van der Waals surface area contributed by atoms with Crippen molar-refractivity contribution in [2.45, 2.75) is 38.2 Å². The van der Waals surface area contributed by atoms with E-state index in [9.17, 15) is 9.59 Å². The average molecular weight is 349 g/mol. The molecular formula is C19H27NO5. The number of likely N-dealkylation sites (tertiary alicyclic amines) is 1. The molecule has 25 heavy (non-hydrogen) atoms. The minimum absolute atomic E-state index is 0.153. The van der Waals surface area contributed by atoms with Gasteiger partial charge in [-0.25, -0.2) is 4.79 Å². The molecule has 1 amide bonds. The SMILES string of the molecule is COCCCOC1CCN(C(=O)CCc2ccc(C(=O)O)cc2)CC1. The molecule has 0 aromatic heterocycles. The fourth-order valence-corrected chi connectivity index (χ4v) is 2.95. The molecule has 0 spiro atoms. The van der Waals surface area contributed by atoms with Crippen molar-refractivity contribution in [2.24, 2.45) is 0 Å². The van der Waals surface area contributed by atoms with Gasteiger partial charge in [-0.3, -0.25) is 4.79 Å². The Kier molecular flexibility index (Phi) is 7.88. The van der Waals surface area contributed by atoms with Crippen molar-refractivity contribution < 1.29 is 24.2 Å². The summed E-state index contributed by atoms with van der Waals surface area (Å²) < 4.78 is 10.8. The zero-order valence-corrected chi connectivity index (χ0v) is 14.8.